The van der Waals surface area contributed by atoms with Crippen molar-refractivity contribution >= 4 is 11.5 Å². The van der Waals surface area contributed by atoms with Gasteiger partial charge >= 0.3 is 5.97 Å². The molecule has 0 aliphatic heterocycles. The van der Waals surface area contributed by atoms with E-state index in [0.29, 0.717) is 0 Å². The molecule has 92 valence electrons. The van der Waals surface area contributed by atoms with Crippen LogP contribution < -0.4 is 0 Å². The molecule has 17 heavy (non-hydrogen) atoms. The molecule has 1 rings (SSSR count). The van der Waals surface area contributed by atoms with E-state index in [4.69, 9.17) is 5.11 Å². The fourth-order valence-electron chi connectivity index (χ4n) is 1.77. The number of rotatable bonds is 5. The maximum atomic E-state index is 10.6. The molecule has 0 heterocycles. The second-order valence-electron chi connectivity index (χ2n) is 4.32. The van der Waals surface area contributed by atoms with Gasteiger partial charge < -0.3 is 10.2 Å². The SMILES string of the molecule is CC/C(=C\C(C)(O)CC(=O)O)c1ccccc1. The Morgan fingerprint density at radius 1 is 1.35 bits per heavy atom. The van der Waals surface area contributed by atoms with Gasteiger partial charge in [0, 0.05) is 0 Å². The summed E-state index contributed by atoms with van der Waals surface area (Å²) in [6.45, 7) is 3.50. The number of hydrogen-bond donors (Lipinski definition) is 2. The molecule has 0 fully saturated rings. The lowest BCUT2D eigenvalue weighted by molar-refractivity contribution is -0.140. The predicted octanol–water partition coefficient (Wildman–Crippen LogP) is 2.71. The van der Waals surface area contributed by atoms with Gasteiger partial charge in [0.15, 0.2) is 0 Å². The molecule has 0 aliphatic rings. The van der Waals surface area contributed by atoms with Gasteiger partial charge in [-0.1, -0.05) is 37.3 Å². The lowest BCUT2D eigenvalue weighted by Gasteiger charge is -2.18. The molecule has 1 unspecified atom stereocenters. The van der Waals surface area contributed by atoms with Crippen LogP contribution in [-0.4, -0.2) is 21.8 Å². The van der Waals surface area contributed by atoms with E-state index in [1.165, 1.54) is 6.92 Å². The van der Waals surface area contributed by atoms with Gasteiger partial charge in [-0.05, 0) is 30.6 Å². The van der Waals surface area contributed by atoms with Crippen LogP contribution in [0, 0.1) is 0 Å². The fraction of sp³-hybridized carbons (Fsp3) is 0.357. The van der Waals surface area contributed by atoms with Crippen LogP contribution in [0.25, 0.3) is 5.57 Å². The van der Waals surface area contributed by atoms with Crippen LogP contribution in [0.1, 0.15) is 32.3 Å². The summed E-state index contributed by atoms with van der Waals surface area (Å²) < 4.78 is 0. The summed E-state index contributed by atoms with van der Waals surface area (Å²) in [4.78, 5) is 10.6. The number of hydrogen-bond acceptors (Lipinski definition) is 2. The Morgan fingerprint density at radius 2 is 1.94 bits per heavy atom. The zero-order chi connectivity index (χ0) is 12.9. The summed E-state index contributed by atoms with van der Waals surface area (Å²) in [5.74, 6) is -1.00. The van der Waals surface area contributed by atoms with E-state index in [1.54, 1.807) is 6.08 Å². The molecular weight excluding hydrogens is 216 g/mol. The van der Waals surface area contributed by atoms with Crippen molar-refractivity contribution in [2.24, 2.45) is 0 Å². The van der Waals surface area contributed by atoms with Crippen molar-refractivity contribution in [3.8, 4) is 0 Å². The van der Waals surface area contributed by atoms with Crippen LogP contribution in [0.3, 0.4) is 0 Å². The highest BCUT2D eigenvalue weighted by Crippen LogP contribution is 2.23. The maximum absolute atomic E-state index is 10.6. The third-order valence-corrected chi connectivity index (χ3v) is 2.52. The molecule has 0 aliphatic carbocycles. The Labute approximate surface area is 101 Å². The Kier molecular flexibility index (Phi) is 4.46. The highest BCUT2D eigenvalue weighted by Gasteiger charge is 2.22. The van der Waals surface area contributed by atoms with Gasteiger partial charge in [0.05, 0.1) is 12.0 Å². The van der Waals surface area contributed by atoms with Crippen molar-refractivity contribution in [1.82, 2.24) is 0 Å². The molecule has 1 aromatic carbocycles. The molecule has 1 aromatic rings. The number of aliphatic carboxylic acids is 1. The first-order valence-corrected chi connectivity index (χ1v) is 5.66. The molecule has 2 N–H and O–H groups in total. The number of carboxylic acid groups (broad SMARTS) is 1. The van der Waals surface area contributed by atoms with Crippen LogP contribution in [0.4, 0.5) is 0 Å². The van der Waals surface area contributed by atoms with Crippen LogP contribution in [-0.2, 0) is 4.79 Å². The van der Waals surface area contributed by atoms with Crippen LogP contribution in [0.2, 0.25) is 0 Å². The Morgan fingerprint density at radius 3 is 2.41 bits per heavy atom. The summed E-state index contributed by atoms with van der Waals surface area (Å²) in [5.41, 5.74) is 0.657. The van der Waals surface area contributed by atoms with Gasteiger partial charge in [-0.15, -0.1) is 0 Å². The van der Waals surface area contributed by atoms with E-state index < -0.39 is 11.6 Å². The average Bonchev–Trinajstić information content (AvgIpc) is 2.25. The number of carboxylic acids is 1. The highest BCUT2D eigenvalue weighted by molar-refractivity contribution is 5.71. The fourth-order valence-corrected chi connectivity index (χ4v) is 1.77. The zero-order valence-electron chi connectivity index (χ0n) is 10.2. The van der Waals surface area contributed by atoms with Crippen LogP contribution in [0.15, 0.2) is 36.4 Å². The normalized spacial score (nSPS) is 15.4. The minimum Gasteiger partial charge on any atom is -0.481 e. The topological polar surface area (TPSA) is 57.5 Å². The second kappa shape index (κ2) is 5.64. The summed E-state index contributed by atoms with van der Waals surface area (Å²) in [6, 6.07) is 9.67. The van der Waals surface area contributed by atoms with E-state index in [1.807, 2.05) is 37.3 Å². The number of carbonyl (C=O) groups is 1. The molecule has 0 amide bonds. The largest absolute Gasteiger partial charge is 0.481 e. The number of benzene rings is 1. The first-order chi connectivity index (χ1) is 7.94. The molecular formula is C14H18O3. The average molecular weight is 234 g/mol. The van der Waals surface area contributed by atoms with Crippen LogP contribution >= 0.6 is 0 Å². The highest BCUT2D eigenvalue weighted by atomic mass is 16.4. The van der Waals surface area contributed by atoms with Crippen molar-refractivity contribution in [2.45, 2.75) is 32.3 Å². The quantitative estimate of drug-likeness (QED) is 0.823. The molecule has 0 saturated carbocycles. The minimum atomic E-state index is -1.31. The molecule has 0 spiro atoms. The summed E-state index contributed by atoms with van der Waals surface area (Å²) in [6.07, 6.45) is 2.10. The van der Waals surface area contributed by atoms with Crippen molar-refractivity contribution in [3.63, 3.8) is 0 Å². The smallest absolute Gasteiger partial charge is 0.306 e. The number of aliphatic hydroxyl groups is 1. The summed E-state index contributed by atoms with van der Waals surface area (Å²) >= 11 is 0. The van der Waals surface area contributed by atoms with Gasteiger partial charge in [0.2, 0.25) is 0 Å². The lowest BCUT2D eigenvalue weighted by atomic mass is 9.94. The molecule has 0 bridgehead atoms. The van der Waals surface area contributed by atoms with Gasteiger partial charge in [-0.2, -0.15) is 0 Å². The first kappa shape index (κ1) is 13.5. The molecule has 3 nitrogen and oxygen atoms in total. The van der Waals surface area contributed by atoms with Crippen molar-refractivity contribution < 1.29 is 15.0 Å². The molecule has 0 saturated heterocycles. The van der Waals surface area contributed by atoms with E-state index in [0.717, 1.165) is 17.6 Å². The molecule has 0 aromatic heterocycles. The lowest BCUT2D eigenvalue weighted by Crippen LogP contribution is -2.25. The first-order valence-electron chi connectivity index (χ1n) is 5.66. The maximum Gasteiger partial charge on any atom is 0.306 e. The monoisotopic (exact) mass is 234 g/mol. The Balaban J connectivity index is 2.98. The van der Waals surface area contributed by atoms with Crippen molar-refractivity contribution in [2.75, 3.05) is 0 Å². The minimum absolute atomic E-state index is 0.288. The van der Waals surface area contributed by atoms with Crippen molar-refractivity contribution in [3.05, 3.63) is 42.0 Å². The summed E-state index contributed by atoms with van der Waals surface area (Å²) in [7, 11) is 0. The van der Waals surface area contributed by atoms with E-state index >= 15 is 0 Å². The number of allylic oxidation sites excluding steroid dienone is 1. The van der Waals surface area contributed by atoms with Gasteiger partial charge in [-0.3, -0.25) is 4.79 Å². The van der Waals surface area contributed by atoms with E-state index in [-0.39, 0.29) is 6.42 Å². The Hall–Kier alpha value is -1.61. The van der Waals surface area contributed by atoms with E-state index in [2.05, 4.69) is 0 Å². The van der Waals surface area contributed by atoms with Crippen LogP contribution in [0.5, 0.6) is 0 Å². The van der Waals surface area contributed by atoms with E-state index in [9.17, 15) is 9.90 Å². The third kappa shape index (κ3) is 4.41. The molecule has 0 radical (unpaired) electrons. The third-order valence-electron chi connectivity index (χ3n) is 2.52. The Bertz CT molecular complexity index is 405. The zero-order valence-corrected chi connectivity index (χ0v) is 10.2. The van der Waals surface area contributed by atoms with Gasteiger partial charge in [0.1, 0.15) is 0 Å². The second-order valence-corrected chi connectivity index (χ2v) is 4.32. The molecule has 1 atom stereocenters. The van der Waals surface area contributed by atoms with Gasteiger partial charge in [0.25, 0.3) is 0 Å². The predicted molar refractivity (Wildman–Crippen MR) is 67.6 cm³/mol. The van der Waals surface area contributed by atoms with Crippen molar-refractivity contribution in [1.29, 1.82) is 0 Å². The summed E-state index contributed by atoms with van der Waals surface area (Å²) in [5, 5.41) is 18.7. The van der Waals surface area contributed by atoms with Gasteiger partial charge in [-0.25, -0.2) is 0 Å². The standard InChI is InChI=1S/C14H18O3/c1-3-11(12-7-5-4-6-8-12)9-14(2,17)10-13(15)16/h4-9,17H,3,10H2,1-2H3,(H,15,16)/b11-9+. The molecule has 3 heteroatoms.